The Labute approximate surface area is 102 Å². The first kappa shape index (κ1) is 11.9. The fourth-order valence-corrected chi connectivity index (χ4v) is 2.04. The highest BCUT2D eigenvalue weighted by Gasteiger charge is 2.11. The molecule has 1 aromatic heterocycles. The summed E-state index contributed by atoms with van der Waals surface area (Å²) in [6.07, 6.45) is 1.39. The standard InChI is InChI=1S/C14H18N2O/c1-10-4-5-13(11(2)8-10)14(17)9-16-7-6-12(3)15-16/h4-8,14,17H,9H2,1-3H3. The lowest BCUT2D eigenvalue weighted by Gasteiger charge is -2.14. The van der Waals surface area contributed by atoms with Crippen LogP contribution in [0.2, 0.25) is 0 Å². The van der Waals surface area contributed by atoms with Crippen molar-refractivity contribution in [2.75, 3.05) is 0 Å². The summed E-state index contributed by atoms with van der Waals surface area (Å²) in [4.78, 5) is 0. The SMILES string of the molecule is Cc1ccc(C(O)Cn2ccc(C)n2)c(C)c1. The van der Waals surface area contributed by atoms with Gasteiger partial charge in [0.05, 0.1) is 18.3 Å². The molecule has 3 nitrogen and oxygen atoms in total. The highest BCUT2D eigenvalue weighted by atomic mass is 16.3. The molecule has 0 aliphatic carbocycles. The number of hydrogen-bond donors (Lipinski definition) is 1. The minimum Gasteiger partial charge on any atom is -0.386 e. The maximum absolute atomic E-state index is 10.2. The Balaban J connectivity index is 2.17. The van der Waals surface area contributed by atoms with Gasteiger partial charge in [-0.1, -0.05) is 23.8 Å². The summed E-state index contributed by atoms with van der Waals surface area (Å²) in [7, 11) is 0. The van der Waals surface area contributed by atoms with Crippen LogP contribution in [0.15, 0.2) is 30.5 Å². The third-order valence-electron chi connectivity index (χ3n) is 2.92. The quantitative estimate of drug-likeness (QED) is 0.880. The highest BCUT2D eigenvalue weighted by molar-refractivity contribution is 5.31. The molecular weight excluding hydrogens is 212 g/mol. The van der Waals surface area contributed by atoms with Gasteiger partial charge in [-0.15, -0.1) is 0 Å². The molecule has 2 aromatic rings. The molecular formula is C14H18N2O. The van der Waals surface area contributed by atoms with Crippen LogP contribution in [-0.4, -0.2) is 14.9 Å². The Morgan fingerprint density at radius 1 is 1.24 bits per heavy atom. The van der Waals surface area contributed by atoms with Gasteiger partial charge in [0.15, 0.2) is 0 Å². The molecule has 0 aliphatic rings. The number of aromatic nitrogens is 2. The van der Waals surface area contributed by atoms with Gasteiger partial charge in [0.25, 0.3) is 0 Å². The molecule has 1 N–H and O–H groups in total. The van der Waals surface area contributed by atoms with E-state index in [0.29, 0.717) is 6.54 Å². The molecule has 0 aliphatic heterocycles. The molecule has 1 unspecified atom stereocenters. The second-order valence-electron chi connectivity index (χ2n) is 4.55. The largest absolute Gasteiger partial charge is 0.386 e. The van der Waals surface area contributed by atoms with Gasteiger partial charge in [0.2, 0.25) is 0 Å². The fraction of sp³-hybridized carbons (Fsp3) is 0.357. The van der Waals surface area contributed by atoms with Crippen molar-refractivity contribution in [2.45, 2.75) is 33.4 Å². The van der Waals surface area contributed by atoms with E-state index in [-0.39, 0.29) is 0 Å². The maximum atomic E-state index is 10.2. The van der Waals surface area contributed by atoms with E-state index in [9.17, 15) is 5.11 Å². The van der Waals surface area contributed by atoms with Gasteiger partial charge in [0, 0.05) is 6.20 Å². The van der Waals surface area contributed by atoms with E-state index in [4.69, 9.17) is 0 Å². The first-order valence-electron chi connectivity index (χ1n) is 5.81. The molecule has 3 heteroatoms. The molecule has 0 amide bonds. The molecule has 1 heterocycles. The molecule has 2 rings (SSSR count). The first-order valence-corrected chi connectivity index (χ1v) is 5.81. The minimum absolute atomic E-state index is 0.498. The Morgan fingerprint density at radius 3 is 2.59 bits per heavy atom. The molecule has 1 atom stereocenters. The zero-order chi connectivity index (χ0) is 12.4. The van der Waals surface area contributed by atoms with E-state index in [1.54, 1.807) is 4.68 Å². The topological polar surface area (TPSA) is 38.0 Å². The lowest BCUT2D eigenvalue weighted by molar-refractivity contribution is 0.150. The summed E-state index contributed by atoms with van der Waals surface area (Å²) >= 11 is 0. The van der Waals surface area contributed by atoms with Gasteiger partial charge in [-0.2, -0.15) is 5.10 Å². The van der Waals surface area contributed by atoms with Gasteiger partial charge in [0.1, 0.15) is 0 Å². The van der Waals surface area contributed by atoms with Crippen molar-refractivity contribution < 1.29 is 5.11 Å². The van der Waals surface area contributed by atoms with Gasteiger partial charge in [-0.3, -0.25) is 4.68 Å². The van der Waals surface area contributed by atoms with Crippen LogP contribution in [0, 0.1) is 20.8 Å². The van der Waals surface area contributed by atoms with Crippen molar-refractivity contribution in [2.24, 2.45) is 0 Å². The first-order chi connectivity index (χ1) is 8.06. The molecule has 0 radical (unpaired) electrons. The van der Waals surface area contributed by atoms with Crippen molar-refractivity contribution in [1.29, 1.82) is 0 Å². The van der Waals surface area contributed by atoms with Crippen LogP contribution in [-0.2, 0) is 6.54 Å². The zero-order valence-corrected chi connectivity index (χ0v) is 10.5. The smallest absolute Gasteiger partial charge is 0.0988 e. The van der Waals surface area contributed by atoms with Crippen LogP contribution in [0.1, 0.15) is 28.5 Å². The second kappa shape index (κ2) is 4.72. The molecule has 1 aromatic carbocycles. The van der Waals surface area contributed by atoms with Crippen molar-refractivity contribution in [3.05, 3.63) is 52.8 Å². The zero-order valence-electron chi connectivity index (χ0n) is 10.5. The number of hydrogen-bond acceptors (Lipinski definition) is 2. The van der Waals surface area contributed by atoms with E-state index in [1.807, 2.05) is 38.2 Å². The molecule has 0 fully saturated rings. The molecule has 0 bridgehead atoms. The van der Waals surface area contributed by atoms with E-state index in [1.165, 1.54) is 5.56 Å². The highest BCUT2D eigenvalue weighted by Crippen LogP contribution is 2.20. The van der Waals surface area contributed by atoms with Crippen molar-refractivity contribution in [3.63, 3.8) is 0 Å². The monoisotopic (exact) mass is 230 g/mol. The summed E-state index contributed by atoms with van der Waals surface area (Å²) in [5.74, 6) is 0. The summed E-state index contributed by atoms with van der Waals surface area (Å²) in [5, 5.41) is 14.5. The lowest BCUT2D eigenvalue weighted by atomic mass is 10.0. The van der Waals surface area contributed by atoms with Crippen LogP contribution in [0.5, 0.6) is 0 Å². The minimum atomic E-state index is -0.505. The summed E-state index contributed by atoms with van der Waals surface area (Å²) in [6, 6.07) is 8.05. The normalized spacial score (nSPS) is 12.7. The number of benzene rings is 1. The van der Waals surface area contributed by atoms with Crippen LogP contribution in [0.25, 0.3) is 0 Å². The molecule has 0 saturated heterocycles. The number of nitrogens with zero attached hydrogens (tertiary/aromatic N) is 2. The Bertz CT molecular complexity index is 517. The summed E-state index contributed by atoms with van der Waals surface area (Å²) < 4.78 is 1.78. The average Bonchev–Trinajstić information content (AvgIpc) is 2.63. The van der Waals surface area contributed by atoms with E-state index in [2.05, 4.69) is 18.1 Å². The van der Waals surface area contributed by atoms with Gasteiger partial charge in [-0.05, 0) is 38.0 Å². The van der Waals surface area contributed by atoms with Gasteiger partial charge in [-0.25, -0.2) is 0 Å². The molecule has 0 spiro atoms. The third-order valence-corrected chi connectivity index (χ3v) is 2.92. The Morgan fingerprint density at radius 2 is 2.00 bits per heavy atom. The van der Waals surface area contributed by atoms with E-state index < -0.39 is 6.10 Å². The van der Waals surface area contributed by atoms with Crippen LogP contribution >= 0.6 is 0 Å². The van der Waals surface area contributed by atoms with E-state index in [0.717, 1.165) is 16.8 Å². The second-order valence-corrected chi connectivity index (χ2v) is 4.55. The lowest BCUT2D eigenvalue weighted by Crippen LogP contribution is -2.10. The summed E-state index contributed by atoms with van der Waals surface area (Å²) in [6.45, 7) is 6.53. The predicted molar refractivity (Wildman–Crippen MR) is 67.8 cm³/mol. The van der Waals surface area contributed by atoms with Gasteiger partial charge >= 0.3 is 0 Å². The van der Waals surface area contributed by atoms with Crippen molar-refractivity contribution >= 4 is 0 Å². The predicted octanol–water partition coefficient (Wildman–Crippen LogP) is 2.54. The van der Waals surface area contributed by atoms with Crippen molar-refractivity contribution in [3.8, 4) is 0 Å². The number of rotatable bonds is 3. The fourth-order valence-electron chi connectivity index (χ4n) is 2.04. The number of aliphatic hydroxyl groups excluding tert-OH is 1. The average molecular weight is 230 g/mol. The number of aryl methyl sites for hydroxylation is 3. The van der Waals surface area contributed by atoms with Crippen LogP contribution in [0.3, 0.4) is 0 Å². The Hall–Kier alpha value is -1.61. The van der Waals surface area contributed by atoms with Crippen LogP contribution in [0.4, 0.5) is 0 Å². The summed E-state index contributed by atoms with van der Waals surface area (Å²) in [5.41, 5.74) is 4.29. The molecule has 0 saturated carbocycles. The van der Waals surface area contributed by atoms with Gasteiger partial charge < -0.3 is 5.11 Å². The third kappa shape index (κ3) is 2.74. The Kier molecular flexibility index (Phi) is 3.29. The maximum Gasteiger partial charge on any atom is 0.0988 e. The van der Waals surface area contributed by atoms with Crippen LogP contribution < -0.4 is 0 Å². The number of aliphatic hydroxyl groups is 1. The molecule has 17 heavy (non-hydrogen) atoms. The van der Waals surface area contributed by atoms with Crippen molar-refractivity contribution in [1.82, 2.24) is 9.78 Å². The van der Waals surface area contributed by atoms with E-state index >= 15 is 0 Å². The molecule has 90 valence electrons.